The largest absolute Gasteiger partial charge is 0.490 e. The van der Waals surface area contributed by atoms with Gasteiger partial charge in [0.15, 0.2) is 0 Å². The maximum absolute atomic E-state index is 10.6. The maximum atomic E-state index is 10.6. The van der Waals surface area contributed by atoms with Gasteiger partial charge in [-0.2, -0.15) is 18.3 Å². The van der Waals surface area contributed by atoms with Crippen LogP contribution in [0.5, 0.6) is 0 Å². The van der Waals surface area contributed by atoms with Gasteiger partial charge >= 0.3 is 12.1 Å². The summed E-state index contributed by atoms with van der Waals surface area (Å²) in [6, 6.07) is 4.08. The van der Waals surface area contributed by atoms with Gasteiger partial charge in [-0.15, -0.1) is 0 Å². The van der Waals surface area contributed by atoms with Crippen molar-refractivity contribution in [1.82, 2.24) is 19.7 Å². The number of aliphatic carboxylic acids is 1. The van der Waals surface area contributed by atoms with E-state index in [0.29, 0.717) is 0 Å². The number of hydrogen-bond donors (Lipinski definition) is 2. The average Bonchev–Trinajstić information content (AvgIpc) is 3.20. The summed E-state index contributed by atoms with van der Waals surface area (Å²) in [5.74, 6) is -2.76. The van der Waals surface area contributed by atoms with E-state index in [4.69, 9.17) is 15.0 Å². The zero-order valence-corrected chi connectivity index (χ0v) is 13.0. The highest BCUT2D eigenvalue weighted by Crippen LogP contribution is 2.24. The zero-order chi connectivity index (χ0) is 18.0. The van der Waals surface area contributed by atoms with Gasteiger partial charge in [-0.25, -0.2) is 14.5 Å². The molecule has 0 atom stereocenters. The van der Waals surface area contributed by atoms with Crippen LogP contribution >= 0.6 is 0 Å². The van der Waals surface area contributed by atoms with Gasteiger partial charge in [-0.05, 0) is 43.4 Å². The second-order valence-electron chi connectivity index (χ2n) is 5.63. The summed E-state index contributed by atoms with van der Waals surface area (Å²) in [5, 5.41) is 13.0. The van der Waals surface area contributed by atoms with Crippen LogP contribution in [0.15, 0.2) is 30.7 Å². The Morgan fingerprint density at radius 2 is 1.96 bits per heavy atom. The second-order valence-corrected chi connectivity index (χ2v) is 5.63. The van der Waals surface area contributed by atoms with E-state index in [1.165, 1.54) is 24.1 Å². The molecule has 4 rings (SSSR count). The quantitative estimate of drug-likeness (QED) is 0.704. The molecular weight excluding hydrogens is 337 g/mol. The van der Waals surface area contributed by atoms with Gasteiger partial charge in [0, 0.05) is 24.0 Å². The van der Waals surface area contributed by atoms with Crippen molar-refractivity contribution in [2.24, 2.45) is 0 Å². The lowest BCUT2D eigenvalue weighted by Crippen LogP contribution is -2.21. The number of rotatable bonds is 1. The van der Waals surface area contributed by atoms with Crippen LogP contribution in [0.2, 0.25) is 0 Å². The number of halogens is 3. The van der Waals surface area contributed by atoms with E-state index < -0.39 is 12.1 Å². The Labute approximate surface area is 140 Å². The number of nitrogens with one attached hydrogen (secondary N) is 1. The zero-order valence-electron chi connectivity index (χ0n) is 13.0. The minimum Gasteiger partial charge on any atom is -0.475 e. The third kappa shape index (κ3) is 3.65. The molecule has 3 heterocycles. The monoisotopic (exact) mass is 352 g/mol. The van der Waals surface area contributed by atoms with Crippen molar-refractivity contribution >= 4 is 17.0 Å². The highest BCUT2D eigenvalue weighted by molar-refractivity contribution is 5.84. The summed E-state index contributed by atoms with van der Waals surface area (Å²) < 4.78 is 33.7. The van der Waals surface area contributed by atoms with Crippen LogP contribution in [0, 0.1) is 0 Å². The highest BCUT2D eigenvalue weighted by atomic mass is 19.4. The molecule has 0 radical (unpaired) electrons. The number of alkyl halides is 3. The Balaban J connectivity index is 0.000000225. The standard InChI is InChI=1S/C14H14N4.C2HF3O2/c1-2-4-12-10(3-1)9-18(17-12)13-6-8-16-14-11(13)5-7-15-14;3-2(4,5)1(6)7/h5-9H,1-4H2,(H,15,16);(H,6,7). The van der Waals surface area contributed by atoms with Gasteiger partial charge in [0.05, 0.1) is 11.4 Å². The number of H-pyrrole nitrogens is 1. The Morgan fingerprint density at radius 1 is 1.24 bits per heavy atom. The number of aryl methyl sites for hydroxylation is 2. The number of nitrogens with zero attached hydrogens (tertiary/aromatic N) is 3. The molecule has 6 nitrogen and oxygen atoms in total. The van der Waals surface area contributed by atoms with Gasteiger partial charge in [0.1, 0.15) is 5.65 Å². The van der Waals surface area contributed by atoms with Crippen LogP contribution in [-0.2, 0) is 17.6 Å². The number of pyridine rings is 1. The number of fused-ring (bicyclic) bond motifs is 2. The molecule has 0 saturated heterocycles. The number of carbonyl (C=O) groups is 1. The number of aromatic nitrogens is 4. The molecule has 3 aromatic rings. The normalized spacial score (nSPS) is 13.9. The van der Waals surface area contributed by atoms with Crippen LogP contribution in [-0.4, -0.2) is 37.0 Å². The molecule has 0 fully saturated rings. The molecule has 3 aromatic heterocycles. The van der Waals surface area contributed by atoms with Crippen LogP contribution in [0.4, 0.5) is 13.2 Å². The smallest absolute Gasteiger partial charge is 0.475 e. The third-order valence-corrected chi connectivity index (χ3v) is 3.91. The molecule has 0 unspecified atom stereocenters. The van der Waals surface area contributed by atoms with E-state index in [-0.39, 0.29) is 0 Å². The molecule has 0 saturated carbocycles. The third-order valence-electron chi connectivity index (χ3n) is 3.91. The first-order valence-electron chi connectivity index (χ1n) is 7.66. The van der Waals surface area contributed by atoms with Gasteiger partial charge in [-0.3, -0.25) is 0 Å². The second kappa shape index (κ2) is 6.58. The molecule has 2 N–H and O–H groups in total. The summed E-state index contributed by atoms with van der Waals surface area (Å²) in [5.41, 5.74) is 4.69. The summed E-state index contributed by atoms with van der Waals surface area (Å²) >= 11 is 0. The van der Waals surface area contributed by atoms with Crippen molar-refractivity contribution in [2.75, 3.05) is 0 Å². The highest BCUT2D eigenvalue weighted by Gasteiger charge is 2.38. The predicted octanol–water partition coefficient (Wildman–Crippen LogP) is 3.26. The lowest BCUT2D eigenvalue weighted by atomic mass is 9.99. The Kier molecular flexibility index (Phi) is 4.47. The van der Waals surface area contributed by atoms with E-state index >= 15 is 0 Å². The van der Waals surface area contributed by atoms with E-state index in [9.17, 15) is 13.2 Å². The predicted molar refractivity (Wildman–Crippen MR) is 83.5 cm³/mol. The van der Waals surface area contributed by atoms with Gasteiger partial charge in [-0.1, -0.05) is 0 Å². The van der Waals surface area contributed by atoms with E-state index in [1.807, 2.05) is 23.1 Å². The lowest BCUT2D eigenvalue weighted by Gasteiger charge is -2.06. The van der Waals surface area contributed by atoms with Gasteiger partial charge in [0.25, 0.3) is 0 Å². The maximum Gasteiger partial charge on any atom is 0.490 e. The number of carboxylic acids is 1. The van der Waals surface area contributed by atoms with Crippen LogP contribution in [0.3, 0.4) is 0 Å². The van der Waals surface area contributed by atoms with Crippen molar-refractivity contribution in [2.45, 2.75) is 31.9 Å². The van der Waals surface area contributed by atoms with Crippen LogP contribution in [0.1, 0.15) is 24.1 Å². The molecule has 0 aromatic carbocycles. The Bertz CT molecular complexity index is 875. The first kappa shape index (κ1) is 17.0. The van der Waals surface area contributed by atoms with E-state index in [1.54, 1.807) is 0 Å². The number of hydrogen-bond acceptors (Lipinski definition) is 3. The van der Waals surface area contributed by atoms with Crippen molar-refractivity contribution in [3.63, 3.8) is 0 Å². The molecule has 0 spiro atoms. The molecule has 25 heavy (non-hydrogen) atoms. The van der Waals surface area contributed by atoms with Gasteiger partial charge < -0.3 is 10.1 Å². The van der Waals surface area contributed by atoms with Crippen LogP contribution < -0.4 is 0 Å². The SMILES string of the molecule is O=C(O)C(F)(F)F.c1cc(-n2cc3c(n2)CCCC3)c2cc[nH]c2n1. The van der Waals surface area contributed by atoms with E-state index in [2.05, 4.69) is 22.2 Å². The molecule has 1 aliphatic rings. The molecular formula is C16H15F3N4O2. The van der Waals surface area contributed by atoms with Gasteiger partial charge in [0.2, 0.25) is 0 Å². The fourth-order valence-corrected chi connectivity index (χ4v) is 2.74. The summed E-state index contributed by atoms with van der Waals surface area (Å²) in [6.45, 7) is 0. The van der Waals surface area contributed by atoms with Crippen LogP contribution in [0.25, 0.3) is 16.7 Å². The Hall–Kier alpha value is -2.84. The van der Waals surface area contributed by atoms with Crippen molar-refractivity contribution in [3.8, 4) is 5.69 Å². The molecule has 0 bridgehead atoms. The molecule has 132 valence electrons. The van der Waals surface area contributed by atoms with Crippen molar-refractivity contribution in [3.05, 3.63) is 42.0 Å². The van der Waals surface area contributed by atoms with Crippen molar-refractivity contribution < 1.29 is 23.1 Å². The topological polar surface area (TPSA) is 83.8 Å². The first-order chi connectivity index (χ1) is 11.9. The number of carboxylic acid groups (broad SMARTS) is 1. The molecule has 0 amide bonds. The summed E-state index contributed by atoms with van der Waals surface area (Å²) in [4.78, 5) is 16.3. The summed E-state index contributed by atoms with van der Waals surface area (Å²) in [6.07, 6.45) is 5.67. The lowest BCUT2D eigenvalue weighted by molar-refractivity contribution is -0.192. The fraction of sp³-hybridized carbons (Fsp3) is 0.312. The molecule has 1 aliphatic carbocycles. The molecule has 0 aliphatic heterocycles. The minimum atomic E-state index is -5.08. The first-order valence-corrected chi connectivity index (χ1v) is 7.66. The molecule has 9 heteroatoms. The Morgan fingerprint density at radius 3 is 2.64 bits per heavy atom. The van der Waals surface area contributed by atoms with E-state index in [0.717, 1.165) is 29.6 Å². The average molecular weight is 352 g/mol. The fourth-order valence-electron chi connectivity index (χ4n) is 2.74. The summed E-state index contributed by atoms with van der Waals surface area (Å²) in [7, 11) is 0. The number of aromatic amines is 1. The minimum absolute atomic E-state index is 0.918. The van der Waals surface area contributed by atoms with Crippen molar-refractivity contribution in [1.29, 1.82) is 0 Å².